The quantitative estimate of drug-likeness (QED) is 0.803. The van der Waals surface area contributed by atoms with Crippen LogP contribution in [0.3, 0.4) is 0 Å². The summed E-state index contributed by atoms with van der Waals surface area (Å²) in [6, 6.07) is 3.92. The van der Waals surface area contributed by atoms with Crippen LogP contribution in [0.15, 0.2) is 12.1 Å². The molecule has 6 nitrogen and oxygen atoms in total. The number of ether oxygens (including phenoxy) is 1. The fraction of sp³-hybridized carbons (Fsp3) is 0.308. The van der Waals surface area contributed by atoms with Crippen LogP contribution < -0.4 is 10.1 Å². The van der Waals surface area contributed by atoms with Gasteiger partial charge in [0.2, 0.25) is 17.7 Å². The first-order valence-corrected chi connectivity index (χ1v) is 7.03. The summed E-state index contributed by atoms with van der Waals surface area (Å²) in [5, 5.41) is 8.15. The van der Waals surface area contributed by atoms with Gasteiger partial charge >= 0.3 is 0 Å². The van der Waals surface area contributed by atoms with Gasteiger partial charge in [0.25, 0.3) is 0 Å². The Balaban J connectivity index is 2.11. The zero-order valence-electron chi connectivity index (χ0n) is 11.8. The van der Waals surface area contributed by atoms with Crippen LogP contribution in [0.25, 0.3) is 10.2 Å². The molecule has 0 aliphatic carbocycles. The summed E-state index contributed by atoms with van der Waals surface area (Å²) in [6.45, 7) is 3.97. The van der Waals surface area contributed by atoms with Crippen LogP contribution in [-0.4, -0.2) is 26.8 Å². The summed E-state index contributed by atoms with van der Waals surface area (Å²) in [7, 11) is 3.64. The maximum Gasteiger partial charge on any atom is 0.234 e. The second-order valence-electron chi connectivity index (χ2n) is 4.53. The Morgan fingerprint density at radius 1 is 1.25 bits per heavy atom. The van der Waals surface area contributed by atoms with Gasteiger partial charge in [-0.25, -0.2) is 9.67 Å². The molecule has 0 saturated heterocycles. The van der Waals surface area contributed by atoms with E-state index in [4.69, 9.17) is 4.74 Å². The topological polar surface area (TPSA) is 64.9 Å². The minimum atomic E-state index is 0.548. The minimum absolute atomic E-state index is 0.548. The van der Waals surface area contributed by atoms with Crippen LogP contribution in [0, 0.1) is 13.8 Å². The number of thiophene rings is 1. The highest BCUT2D eigenvalue weighted by Crippen LogP contribution is 2.33. The first-order chi connectivity index (χ1) is 9.56. The van der Waals surface area contributed by atoms with Gasteiger partial charge in [-0.05, 0) is 19.9 Å². The monoisotopic (exact) mass is 289 g/mol. The lowest BCUT2D eigenvalue weighted by molar-refractivity contribution is 0.420. The molecule has 0 atom stereocenters. The first-order valence-electron chi connectivity index (χ1n) is 6.21. The van der Waals surface area contributed by atoms with Crippen LogP contribution in [-0.2, 0) is 7.05 Å². The third-order valence-electron chi connectivity index (χ3n) is 2.86. The molecule has 0 amide bonds. The van der Waals surface area contributed by atoms with Crippen molar-refractivity contribution in [3.05, 3.63) is 22.7 Å². The number of nitrogens with one attached hydrogen (secondary N) is 1. The second kappa shape index (κ2) is 4.75. The maximum absolute atomic E-state index is 5.92. The molecule has 1 N–H and O–H groups in total. The van der Waals surface area contributed by atoms with Crippen LogP contribution in [0.5, 0.6) is 11.8 Å². The number of rotatable bonds is 3. The van der Waals surface area contributed by atoms with E-state index < -0.39 is 0 Å². The van der Waals surface area contributed by atoms with Crippen LogP contribution in [0.1, 0.15) is 10.6 Å². The van der Waals surface area contributed by atoms with Crippen molar-refractivity contribution in [3.63, 3.8) is 0 Å². The smallest absolute Gasteiger partial charge is 0.234 e. The van der Waals surface area contributed by atoms with Crippen molar-refractivity contribution in [2.24, 2.45) is 7.05 Å². The summed E-state index contributed by atoms with van der Waals surface area (Å²) in [5.41, 5.74) is 0.906. The SMILES string of the molecule is CNc1nc(Oc2cc(C)nn2C)c2cc(C)sc2n1. The molecule has 20 heavy (non-hydrogen) atoms. The van der Waals surface area contributed by atoms with E-state index in [1.165, 1.54) is 4.88 Å². The van der Waals surface area contributed by atoms with E-state index in [2.05, 4.69) is 20.4 Å². The first kappa shape index (κ1) is 12.9. The Morgan fingerprint density at radius 3 is 2.70 bits per heavy atom. The van der Waals surface area contributed by atoms with Crippen LogP contribution >= 0.6 is 11.3 Å². The Kier molecular flexibility index (Phi) is 3.06. The molecule has 0 saturated carbocycles. The van der Waals surface area contributed by atoms with Gasteiger partial charge in [0.05, 0.1) is 11.1 Å². The van der Waals surface area contributed by atoms with Crippen molar-refractivity contribution >= 4 is 27.5 Å². The molecule has 0 radical (unpaired) electrons. The molecule has 0 unspecified atom stereocenters. The van der Waals surface area contributed by atoms with Gasteiger partial charge in [0.15, 0.2) is 0 Å². The van der Waals surface area contributed by atoms with Gasteiger partial charge in [-0.3, -0.25) is 0 Å². The summed E-state index contributed by atoms with van der Waals surface area (Å²) >= 11 is 1.62. The maximum atomic E-state index is 5.92. The van der Waals surface area contributed by atoms with Crippen LogP contribution in [0.2, 0.25) is 0 Å². The fourth-order valence-corrected chi connectivity index (χ4v) is 2.86. The molecular formula is C13H15N5OS. The molecule has 0 aliphatic heterocycles. The minimum Gasteiger partial charge on any atom is -0.420 e. The van der Waals surface area contributed by atoms with Crippen molar-refractivity contribution in [3.8, 4) is 11.8 Å². The highest BCUT2D eigenvalue weighted by molar-refractivity contribution is 7.18. The number of hydrogen-bond donors (Lipinski definition) is 1. The molecule has 0 fully saturated rings. The molecule has 104 valence electrons. The van der Waals surface area contributed by atoms with Crippen molar-refractivity contribution in [2.75, 3.05) is 12.4 Å². The van der Waals surface area contributed by atoms with Crippen molar-refractivity contribution in [1.82, 2.24) is 19.7 Å². The predicted octanol–water partition coefficient (Wildman–Crippen LogP) is 2.88. The molecule has 3 aromatic heterocycles. The Morgan fingerprint density at radius 2 is 2.05 bits per heavy atom. The third kappa shape index (κ3) is 2.20. The molecule has 3 aromatic rings. The Bertz CT molecular complexity index is 777. The highest BCUT2D eigenvalue weighted by Gasteiger charge is 2.14. The largest absolute Gasteiger partial charge is 0.420 e. The number of fused-ring (bicyclic) bond motifs is 1. The Labute approximate surface area is 120 Å². The highest BCUT2D eigenvalue weighted by atomic mass is 32.1. The summed E-state index contributed by atoms with van der Waals surface area (Å²) < 4.78 is 7.61. The predicted molar refractivity (Wildman–Crippen MR) is 79.7 cm³/mol. The lowest BCUT2D eigenvalue weighted by Crippen LogP contribution is -2.00. The average Bonchev–Trinajstić information content (AvgIpc) is 2.91. The van der Waals surface area contributed by atoms with Crippen molar-refractivity contribution < 1.29 is 4.74 Å². The van der Waals surface area contributed by atoms with Crippen LogP contribution in [0.4, 0.5) is 5.95 Å². The van der Waals surface area contributed by atoms with Crippen molar-refractivity contribution in [2.45, 2.75) is 13.8 Å². The molecule has 0 aromatic carbocycles. The second-order valence-corrected chi connectivity index (χ2v) is 5.76. The summed E-state index contributed by atoms with van der Waals surface area (Å²) in [6.07, 6.45) is 0. The van der Waals surface area contributed by atoms with E-state index in [-0.39, 0.29) is 0 Å². The number of aryl methyl sites for hydroxylation is 3. The number of nitrogens with zero attached hydrogens (tertiary/aromatic N) is 4. The molecular weight excluding hydrogens is 274 g/mol. The number of anilines is 1. The zero-order valence-corrected chi connectivity index (χ0v) is 12.6. The summed E-state index contributed by atoms with van der Waals surface area (Å²) in [4.78, 5) is 10.9. The number of aromatic nitrogens is 4. The average molecular weight is 289 g/mol. The van der Waals surface area contributed by atoms with Gasteiger partial charge < -0.3 is 10.1 Å². The zero-order chi connectivity index (χ0) is 14.3. The third-order valence-corrected chi connectivity index (χ3v) is 3.81. The van der Waals surface area contributed by atoms with E-state index in [1.54, 1.807) is 23.1 Å². The lowest BCUT2D eigenvalue weighted by Gasteiger charge is -2.07. The summed E-state index contributed by atoms with van der Waals surface area (Å²) in [5.74, 6) is 1.76. The van der Waals surface area contributed by atoms with E-state index in [0.717, 1.165) is 15.9 Å². The fourth-order valence-electron chi connectivity index (χ4n) is 1.99. The Hall–Kier alpha value is -2.15. The van der Waals surface area contributed by atoms with E-state index in [0.29, 0.717) is 17.7 Å². The van der Waals surface area contributed by atoms with E-state index >= 15 is 0 Å². The molecule has 3 heterocycles. The van der Waals surface area contributed by atoms with Gasteiger partial charge in [0.1, 0.15) is 4.83 Å². The van der Waals surface area contributed by atoms with Crippen molar-refractivity contribution in [1.29, 1.82) is 0 Å². The molecule has 0 spiro atoms. The lowest BCUT2D eigenvalue weighted by atomic mass is 10.3. The standard InChI is InChI=1S/C13H15N5OS/c1-7-5-10(18(4)17-7)19-11-9-6-8(2)20-12(9)16-13(14-3)15-11/h5-6H,1-4H3,(H,14,15,16). The molecule has 0 bridgehead atoms. The molecule has 0 aliphatic rings. The number of hydrogen-bond acceptors (Lipinski definition) is 6. The normalized spacial score (nSPS) is 11.0. The van der Waals surface area contributed by atoms with E-state index in [9.17, 15) is 0 Å². The molecule has 7 heteroatoms. The van der Waals surface area contributed by atoms with Gasteiger partial charge in [-0.1, -0.05) is 0 Å². The van der Waals surface area contributed by atoms with Gasteiger partial charge in [-0.2, -0.15) is 10.1 Å². The van der Waals surface area contributed by atoms with E-state index in [1.807, 2.05) is 33.0 Å². The van der Waals surface area contributed by atoms with Gasteiger partial charge in [0, 0.05) is 25.0 Å². The molecule has 3 rings (SSSR count). The van der Waals surface area contributed by atoms with Gasteiger partial charge in [-0.15, -0.1) is 11.3 Å².